The number of nitrogens with one attached hydrogen (secondary N) is 2. The van der Waals surface area contributed by atoms with Crippen molar-refractivity contribution >= 4 is 27.3 Å². The molecule has 0 radical (unpaired) electrons. The van der Waals surface area contributed by atoms with E-state index in [0.717, 1.165) is 6.07 Å². The van der Waals surface area contributed by atoms with Crippen LogP contribution in [0.5, 0.6) is 0 Å². The molecule has 0 aliphatic carbocycles. The van der Waals surface area contributed by atoms with E-state index < -0.39 is 15.8 Å². The molecule has 116 valence electrons. The molecule has 0 heterocycles. The van der Waals surface area contributed by atoms with Gasteiger partial charge in [0.1, 0.15) is 5.82 Å². The maximum Gasteiger partial charge on any atom is 0.261 e. The Hall–Kier alpha value is -2.41. The van der Waals surface area contributed by atoms with Gasteiger partial charge < -0.3 is 5.32 Å². The fraction of sp³-hybridized carbons (Fsp3) is 0.133. The molecule has 0 unspecified atom stereocenters. The quantitative estimate of drug-likeness (QED) is 0.909. The summed E-state index contributed by atoms with van der Waals surface area (Å²) in [5.41, 5.74) is 1.02. The predicted octanol–water partition coefficient (Wildman–Crippen LogP) is 2.89. The van der Waals surface area contributed by atoms with Crippen LogP contribution in [0.15, 0.2) is 47.4 Å². The number of amides is 1. The fourth-order valence-corrected chi connectivity index (χ4v) is 3.00. The van der Waals surface area contributed by atoms with Crippen LogP contribution in [0.2, 0.25) is 0 Å². The van der Waals surface area contributed by atoms with E-state index in [0.29, 0.717) is 11.4 Å². The largest absolute Gasteiger partial charge is 0.326 e. The number of benzene rings is 2. The maximum absolute atomic E-state index is 13.2. The highest BCUT2D eigenvalue weighted by Gasteiger charge is 2.15. The third-order valence-corrected chi connectivity index (χ3v) is 4.25. The van der Waals surface area contributed by atoms with Crippen LogP contribution in [-0.4, -0.2) is 14.3 Å². The van der Waals surface area contributed by atoms with Crippen molar-refractivity contribution in [1.29, 1.82) is 0 Å². The summed E-state index contributed by atoms with van der Waals surface area (Å²) < 4.78 is 40.2. The Morgan fingerprint density at radius 2 is 1.77 bits per heavy atom. The molecule has 2 aromatic carbocycles. The van der Waals surface area contributed by atoms with Gasteiger partial charge in [0.05, 0.1) is 10.6 Å². The van der Waals surface area contributed by atoms with Crippen LogP contribution >= 0.6 is 0 Å². The van der Waals surface area contributed by atoms with Crippen LogP contribution < -0.4 is 10.0 Å². The third kappa shape index (κ3) is 3.82. The lowest BCUT2D eigenvalue weighted by atomic mass is 10.2. The van der Waals surface area contributed by atoms with Gasteiger partial charge in [-0.25, -0.2) is 12.8 Å². The molecule has 1 amide bonds. The number of hydrogen-bond donors (Lipinski definition) is 2. The van der Waals surface area contributed by atoms with Crippen molar-refractivity contribution in [1.82, 2.24) is 0 Å². The molecular formula is C15H15FN2O3S. The van der Waals surface area contributed by atoms with Crippen LogP contribution in [-0.2, 0) is 14.8 Å². The Bertz CT molecular complexity index is 819. The Balaban J connectivity index is 2.28. The van der Waals surface area contributed by atoms with E-state index in [9.17, 15) is 17.6 Å². The average Bonchev–Trinajstić information content (AvgIpc) is 2.40. The molecule has 0 aliphatic heterocycles. The summed E-state index contributed by atoms with van der Waals surface area (Å²) in [6.45, 7) is 2.85. The molecule has 2 rings (SSSR count). The topological polar surface area (TPSA) is 75.3 Å². The zero-order valence-corrected chi connectivity index (χ0v) is 12.9. The Labute approximate surface area is 128 Å². The number of carbonyl (C=O) groups is 1. The molecule has 7 heteroatoms. The first-order valence-electron chi connectivity index (χ1n) is 6.44. The van der Waals surface area contributed by atoms with E-state index in [1.54, 1.807) is 18.2 Å². The minimum Gasteiger partial charge on any atom is -0.326 e. The fourth-order valence-electron chi connectivity index (χ4n) is 1.86. The van der Waals surface area contributed by atoms with Gasteiger partial charge in [0.15, 0.2) is 0 Å². The molecule has 0 bridgehead atoms. The van der Waals surface area contributed by atoms with Crippen molar-refractivity contribution in [2.24, 2.45) is 0 Å². The van der Waals surface area contributed by atoms with Gasteiger partial charge in [-0.3, -0.25) is 9.52 Å². The van der Waals surface area contributed by atoms with Gasteiger partial charge in [-0.1, -0.05) is 6.07 Å². The predicted molar refractivity (Wildman–Crippen MR) is 82.7 cm³/mol. The lowest BCUT2D eigenvalue weighted by molar-refractivity contribution is -0.114. The van der Waals surface area contributed by atoms with Crippen molar-refractivity contribution < 1.29 is 17.6 Å². The number of anilines is 2. The summed E-state index contributed by atoms with van der Waals surface area (Å²) in [4.78, 5) is 11.0. The zero-order valence-electron chi connectivity index (χ0n) is 12.1. The molecule has 0 atom stereocenters. The second-order valence-corrected chi connectivity index (χ2v) is 6.46. The Morgan fingerprint density at radius 3 is 2.41 bits per heavy atom. The first-order valence-corrected chi connectivity index (χ1v) is 7.93. The van der Waals surface area contributed by atoms with Gasteiger partial charge in [-0.05, 0) is 48.9 Å². The highest BCUT2D eigenvalue weighted by molar-refractivity contribution is 7.92. The van der Waals surface area contributed by atoms with Gasteiger partial charge >= 0.3 is 0 Å². The van der Waals surface area contributed by atoms with E-state index in [-0.39, 0.29) is 16.4 Å². The molecule has 5 nitrogen and oxygen atoms in total. The second-order valence-electron chi connectivity index (χ2n) is 4.78. The monoisotopic (exact) mass is 322 g/mol. The van der Waals surface area contributed by atoms with Crippen molar-refractivity contribution in [3.05, 3.63) is 53.8 Å². The molecule has 0 fully saturated rings. The molecule has 22 heavy (non-hydrogen) atoms. The van der Waals surface area contributed by atoms with E-state index in [2.05, 4.69) is 10.0 Å². The molecule has 0 spiro atoms. The molecule has 2 aromatic rings. The molecule has 0 saturated heterocycles. The van der Waals surface area contributed by atoms with Gasteiger partial charge in [-0.2, -0.15) is 0 Å². The number of hydrogen-bond acceptors (Lipinski definition) is 3. The first kappa shape index (κ1) is 16.0. The minimum atomic E-state index is -3.83. The van der Waals surface area contributed by atoms with Crippen LogP contribution in [0.4, 0.5) is 15.8 Å². The number of sulfonamides is 1. The summed E-state index contributed by atoms with van der Waals surface area (Å²) in [6, 6.07) is 9.87. The highest BCUT2D eigenvalue weighted by Crippen LogP contribution is 2.21. The normalized spacial score (nSPS) is 11.0. The number of aryl methyl sites for hydroxylation is 1. The molecule has 0 aromatic heterocycles. The summed E-state index contributed by atoms with van der Waals surface area (Å²) in [6.07, 6.45) is 0. The second kappa shape index (κ2) is 6.15. The van der Waals surface area contributed by atoms with E-state index >= 15 is 0 Å². The number of rotatable bonds is 4. The van der Waals surface area contributed by atoms with E-state index in [1.807, 2.05) is 0 Å². The Morgan fingerprint density at radius 1 is 1.09 bits per heavy atom. The summed E-state index contributed by atoms with van der Waals surface area (Å²) in [5.74, 6) is -0.722. The highest BCUT2D eigenvalue weighted by atomic mass is 32.2. The number of halogens is 1. The zero-order chi connectivity index (χ0) is 16.3. The van der Waals surface area contributed by atoms with Crippen LogP contribution in [0.25, 0.3) is 0 Å². The average molecular weight is 322 g/mol. The standard InChI is InChI=1S/C15H15FN2O3S/c1-10-8-14(6-7-15(10)16)22(20,21)18-13-5-3-4-12(9-13)17-11(2)19/h3-9,18H,1-2H3,(H,17,19). The van der Waals surface area contributed by atoms with Gasteiger partial charge in [0.2, 0.25) is 5.91 Å². The van der Waals surface area contributed by atoms with Gasteiger partial charge in [0, 0.05) is 12.6 Å². The first-order chi connectivity index (χ1) is 10.3. The lowest BCUT2D eigenvalue weighted by Crippen LogP contribution is -2.14. The van der Waals surface area contributed by atoms with Crippen molar-refractivity contribution in [2.45, 2.75) is 18.7 Å². The van der Waals surface area contributed by atoms with Gasteiger partial charge in [-0.15, -0.1) is 0 Å². The summed E-state index contributed by atoms with van der Waals surface area (Å²) in [5, 5.41) is 2.56. The molecular weight excluding hydrogens is 307 g/mol. The lowest BCUT2D eigenvalue weighted by Gasteiger charge is -2.10. The van der Waals surface area contributed by atoms with Crippen molar-refractivity contribution in [2.75, 3.05) is 10.0 Å². The van der Waals surface area contributed by atoms with Crippen LogP contribution in [0.1, 0.15) is 12.5 Å². The minimum absolute atomic E-state index is 0.0312. The SMILES string of the molecule is CC(=O)Nc1cccc(NS(=O)(=O)c2ccc(F)c(C)c2)c1. The molecule has 2 N–H and O–H groups in total. The smallest absolute Gasteiger partial charge is 0.261 e. The Kier molecular flexibility index (Phi) is 4.46. The molecule has 0 aliphatic rings. The van der Waals surface area contributed by atoms with Gasteiger partial charge in [0.25, 0.3) is 10.0 Å². The van der Waals surface area contributed by atoms with Crippen molar-refractivity contribution in [3.63, 3.8) is 0 Å². The van der Waals surface area contributed by atoms with E-state index in [4.69, 9.17) is 0 Å². The molecule has 0 saturated carbocycles. The summed E-state index contributed by atoms with van der Waals surface area (Å²) >= 11 is 0. The maximum atomic E-state index is 13.2. The van der Waals surface area contributed by atoms with Crippen molar-refractivity contribution in [3.8, 4) is 0 Å². The summed E-state index contributed by atoms with van der Waals surface area (Å²) in [7, 11) is -3.83. The van der Waals surface area contributed by atoms with Crippen LogP contribution in [0.3, 0.4) is 0 Å². The number of carbonyl (C=O) groups excluding carboxylic acids is 1. The van der Waals surface area contributed by atoms with E-state index in [1.165, 1.54) is 32.0 Å². The van der Waals surface area contributed by atoms with Crippen LogP contribution in [0, 0.1) is 12.7 Å². The third-order valence-electron chi connectivity index (χ3n) is 2.87.